The van der Waals surface area contributed by atoms with Crippen molar-refractivity contribution in [1.82, 2.24) is 14.5 Å². The van der Waals surface area contributed by atoms with E-state index in [0.29, 0.717) is 18.7 Å². The number of anilines is 1. The Bertz CT molecular complexity index is 813. The molecule has 1 aromatic carbocycles. The molecule has 0 spiro atoms. The highest BCUT2D eigenvalue weighted by Crippen LogP contribution is 2.24. The van der Waals surface area contributed by atoms with E-state index >= 15 is 0 Å². The first-order chi connectivity index (χ1) is 12.3. The maximum absolute atomic E-state index is 12.9. The van der Waals surface area contributed by atoms with Crippen molar-refractivity contribution in [3.05, 3.63) is 48.0 Å². The van der Waals surface area contributed by atoms with Gasteiger partial charge in [-0.2, -0.15) is 5.26 Å². The fraction of sp³-hybridized carbons (Fsp3) is 0.421. The Kier molecular flexibility index (Phi) is 4.14. The first kappa shape index (κ1) is 15.7. The molecule has 25 heavy (non-hydrogen) atoms. The summed E-state index contributed by atoms with van der Waals surface area (Å²) >= 11 is 0. The number of rotatable bonds is 2. The van der Waals surface area contributed by atoms with Crippen LogP contribution in [0.25, 0.3) is 0 Å². The highest BCUT2D eigenvalue weighted by Gasteiger charge is 2.31. The smallest absolute Gasteiger partial charge is 0.226 e. The second-order valence-corrected chi connectivity index (χ2v) is 6.67. The molecule has 0 aliphatic carbocycles. The number of piperazine rings is 1. The van der Waals surface area contributed by atoms with E-state index in [9.17, 15) is 10.1 Å². The lowest BCUT2D eigenvalue weighted by Gasteiger charge is -2.38. The molecule has 1 aromatic heterocycles. The number of hydrogen-bond acceptors (Lipinski definition) is 4. The number of aromatic nitrogens is 2. The molecule has 2 aliphatic rings. The Hall–Kier alpha value is -2.81. The number of amides is 1. The second-order valence-electron chi connectivity index (χ2n) is 6.67. The summed E-state index contributed by atoms with van der Waals surface area (Å²) in [6, 6.07) is 9.92. The molecule has 1 unspecified atom stereocenters. The molecule has 128 valence electrons. The summed E-state index contributed by atoms with van der Waals surface area (Å²) in [5.41, 5.74) is 1.66. The lowest BCUT2D eigenvalue weighted by molar-refractivity contribution is -0.136. The number of aryl methyl sites for hydroxylation is 1. The number of nitriles is 1. The van der Waals surface area contributed by atoms with Gasteiger partial charge in [0.2, 0.25) is 5.91 Å². The average Bonchev–Trinajstić information content (AvgIpc) is 3.15. The molecule has 0 N–H and O–H groups in total. The van der Waals surface area contributed by atoms with Crippen molar-refractivity contribution in [3.8, 4) is 6.07 Å². The zero-order valence-corrected chi connectivity index (χ0v) is 14.1. The van der Waals surface area contributed by atoms with E-state index in [0.717, 1.165) is 44.0 Å². The minimum Gasteiger partial charge on any atom is -0.367 e. The number of para-hydroxylation sites is 1. The Morgan fingerprint density at radius 2 is 1.96 bits per heavy atom. The van der Waals surface area contributed by atoms with Crippen LogP contribution >= 0.6 is 0 Å². The third kappa shape index (κ3) is 2.98. The molecule has 4 rings (SSSR count). The molecular weight excluding hydrogens is 314 g/mol. The molecule has 0 bridgehead atoms. The monoisotopic (exact) mass is 335 g/mol. The van der Waals surface area contributed by atoms with E-state index in [4.69, 9.17) is 0 Å². The van der Waals surface area contributed by atoms with Crippen LogP contribution in [0.3, 0.4) is 0 Å². The average molecular weight is 335 g/mol. The molecule has 2 aromatic rings. The molecule has 1 atom stereocenters. The maximum Gasteiger partial charge on any atom is 0.226 e. The van der Waals surface area contributed by atoms with Gasteiger partial charge >= 0.3 is 0 Å². The Balaban J connectivity index is 1.39. The third-order valence-corrected chi connectivity index (χ3v) is 5.25. The second kappa shape index (κ2) is 6.60. The van der Waals surface area contributed by atoms with Gasteiger partial charge in [-0.25, -0.2) is 4.98 Å². The van der Waals surface area contributed by atoms with Crippen molar-refractivity contribution < 1.29 is 4.79 Å². The van der Waals surface area contributed by atoms with Gasteiger partial charge in [0.15, 0.2) is 0 Å². The molecule has 2 aliphatic heterocycles. The molecule has 1 saturated heterocycles. The number of carbonyl (C=O) groups is 1. The summed E-state index contributed by atoms with van der Waals surface area (Å²) in [7, 11) is 0. The molecule has 3 heterocycles. The van der Waals surface area contributed by atoms with Gasteiger partial charge in [0.05, 0.1) is 11.3 Å². The highest BCUT2D eigenvalue weighted by molar-refractivity contribution is 5.79. The first-order valence-electron chi connectivity index (χ1n) is 8.79. The Labute approximate surface area is 147 Å². The van der Waals surface area contributed by atoms with Crippen LogP contribution in [0.5, 0.6) is 0 Å². The summed E-state index contributed by atoms with van der Waals surface area (Å²) in [6.07, 6.45) is 5.43. The van der Waals surface area contributed by atoms with Gasteiger partial charge in [-0.15, -0.1) is 0 Å². The number of nitrogens with zero attached hydrogens (tertiary/aromatic N) is 5. The topological polar surface area (TPSA) is 65.2 Å². The zero-order valence-electron chi connectivity index (χ0n) is 14.1. The van der Waals surface area contributed by atoms with Crippen LogP contribution in [0.2, 0.25) is 0 Å². The van der Waals surface area contributed by atoms with Gasteiger partial charge in [-0.1, -0.05) is 12.1 Å². The zero-order chi connectivity index (χ0) is 17.2. The van der Waals surface area contributed by atoms with E-state index in [1.165, 1.54) is 0 Å². The fourth-order valence-electron chi connectivity index (χ4n) is 3.83. The SMILES string of the molecule is N#Cc1ccccc1N1CCN(C(=O)C2CCn3ccnc3C2)CC1. The summed E-state index contributed by atoms with van der Waals surface area (Å²) in [5.74, 6) is 1.32. The minimum absolute atomic E-state index is 0.0489. The van der Waals surface area contributed by atoms with Crippen LogP contribution in [0, 0.1) is 17.2 Å². The van der Waals surface area contributed by atoms with E-state index < -0.39 is 0 Å². The van der Waals surface area contributed by atoms with Crippen molar-refractivity contribution >= 4 is 11.6 Å². The van der Waals surface area contributed by atoms with E-state index in [1.807, 2.05) is 41.6 Å². The molecular formula is C19H21N5O. The predicted molar refractivity (Wildman–Crippen MR) is 94.0 cm³/mol. The molecule has 0 saturated carbocycles. The number of fused-ring (bicyclic) bond motifs is 1. The number of imidazole rings is 1. The minimum atomic E-state index is 0.0489. The van der Waals surface area contributed by atoms with Crippen molar-refractivity contribution in [2.75, 3.05) is 31.1 Å². The molecule has 1 amide bonds. The van der Waals surface area contributed by atoms with Gasteiger partial charge in [-0.3, -0.25) is 4.79 Å². The molecule has 1 fully saturated rings. The van der Waals surface area contributed by atoms with Crippen molar-refractivity contribution in [2.45, 2.75) is 19.4 Å². The van der Waals surface area contributed by atoms with E-state index in [2.05, 4.69) is 20.5 Å². The van der Waals surface area contributed by atoms with Crippen LogP contribution in [-0.2, 0) is 17.8 Å². The van der Waals surface area contributed by atoms with Gasteiger partial charge in [0.1, 0.15) is 11.9 Å². The van der Waals surface area contributed by atoms with Crippen LogP contribution in [0.4, 0.5) is 5.69 Å². The van der Waals surface area contributed by atoms with Crippen LogP contribution in [0.15, 0.2) is 36.7 Å². The highest BCUT2D eigenvalue weighted by atomic mass is 16.2. The molecule has 6 nitrogen and oxygen atoms in total. The van der Waals surface area contributed by atoms with Gasteiger partial charge in [-0.05, 0) is 18.6 Å². The van der Waals surface area contributed by atoms with Gasteiger partial charge in [0, 0.05) is 57.5 Å². The number of benzene rings is 1. The fourth-order valence-corrected chi connectivity index (χ4v) is 3.83. The summed E-state index contributed by atoms with van der Waals surface area (Å²) in [6.45, 7) is 3.84. The summed E-state index contributed by atoms with van der Waals surface area (Å²) < 4.78 is 2.14. The normalized spacial score (nSPS) is 20.0. The standard InChI is InChI=1S/C19H21N5O/c20-14-16-3-1-2-4-17(16)22-9-11-24(12-10-22)19(25)15-5-7-23-8-6-21-18(23)13-15/h1-4,6,8,15H,5,7,9-13H2. The van der Waals surface area contributed by atoms with Crippen molar-refractivity contribution in [2.24, 2.45) is 5.92 Å². The van der Waals surface area contributed by atoms with Gasteiger partial charge in [0.25, 0.3) is 0 Å². The van der Waals surface area contributed by atoms with E-state index in [-0.39, 0.29) is 11.8 Å². The lowest BCUT2D eigenvalue weighted by atomic mass is 9.96. The third-order valence-electron chi connectivity index (χ3n) is 5.25. The predicted octanol–water partition coefficient (Wildman–Crippen LogP) is 1.67. The van der Waals surface area contributed by atoms with Crippen LogP contribution < -0.4 is 4.90 Å². The van der Waals surface area contributed by atoms with E-state index in [1.54, 1.807) is 0 Å². The van der Waals surface area contributed by atoms with Crippen molar-refractivity contribution in [1.29, 1.82) is 5.26 Å². The lowest BCUT2D eigenvalue weighted by Crippen LogP contribution is -2.51. The maximum atomic E-state index is 12.9. The Morgan fingerprint density at radius 3 is 2.76 bits per heavy atom. The molecule has 6 heteroatoms. The summed E-state index contributed by atoms with van der Waals surface area (Å²) in [5, 5.41) is 9.27. The van der Waals surface area contributed by atoms with Crippen LogP contribution in [-0.4, -0.2) is 46.5 Å². The van der Waals surface area contributed by atoms with Crippen molar-refractivity contribution in [3.63, 3.8) is 0 Å². The largest absolute Gasteiger partial charge is 0.367 e. The number of carbonyl (C=O) groups excluding carboxylic acids is 1. The quantitative estimate of drug-likeness (QED) is 0.837. The first-order valence-corrected chi connectivity index (χ1v) is 8.79. The number of hydrogen-bond donors (Lipinski definition) is 0. The Morgan fingerprint density at radius 1 is 1.16 bits per heavy atom. The molecule has 0 radical (unpaired) electrons. The van der Waals surface area contributed by atoms with Gasteiger partial charge < -0.3 is 14.4 Å². The van der Waals surface area contributed by atoms with Crippen LogP contribution in [0.1, 0.15) is 17.8 Å². The summed E-state index contributed by atoms with van der Waals surface area (Å²) in [4.78, 5) is 21.4.